The lowest BCUT2D eigenvalue weighted by molar-refractivity contribution is -0.122. The van der Waals surface area contributed by atoms with Crippen molar-refractivity contribution in [3.63, 3.8) is 0 Å². The van der Waals surface area contributed by atoms with Gasteiger partial charge in [0.1, 0.15) is 5.57 Å². The lowest BCUT2D eigenvalue weighted by Crippen LogP contribution is -2.54. The molecule has 0 aliphatic carbocycles. The van der Waals surface area contributed by atoms with Crippen LogP contribution in [0.5, 0.6) is 11.5 Å². The topological polar surface area (TPSA) is 84.9 Å². The summed E-state index contributed by atoms with van der Waals surface area (Å²) in [5.41, 5.74) is 0.680. The normalized spacial score (nSPS) is 16.4. The lowest BCUT2D eigenvalue weighted by Gasteiger charge is -2.26. The number of anilines is 1. The average Bonchev–Trinajstić information content (AvgIpc) is 2.73. The second kappa shape index (κ2) is 9.69. The molecule has 4 amide bonds. The highest BCUT2D eigenvalue weighted by Gasteiger charge is 2.36. The van der Waals surface area contributed by atoms with Gasteiger partial charge in [0, 0.05) is 5.02 Å². The fourth-order valence-corrected chi connectivity index (χ4v) is 3.75. The number of urea groups is 1. The summed E-state index contributed by atoms with van der Waals surface area (Å²) >= 11 is 8.00. The first-order chi connectivity index (χ1) is 14.7. The van der Waals surface area contributed by atoms with E-state index < -0.39 is 17.8 Å². The van der Waals surface area contributed by atoms with Gasteiger partial charge in [-0.3, -0.25) is 14.9 Å². The Morgan fingerprint density at radius 2 is 1.87 bits per heavy atom. The molecule has 2 aromatic rings. The van der Waals surface area contributed by atoms with Crippen molar-refractivity contribution in [1.82, 2.24) is 5.32 Å². The molecule has 1 heterocycles. The number of hydrogen-bond acceptors (Lipinski definition) is 5. The third kappa shape index (κ3) is 5.01. The van der Waals surface area contributed by atoms with Crippen LogP contribution in [-0.2, 0) is 9.59 Å². The number of barbiturate groups is 1. The van der Waals surface area contributed by atoms with Crippen LogP contribution in [-0.4, -0.2) is 31.1 Å². The number of benzene rings is 2. The standard InChI is InChI=1S/C22H20ClIN2O5/c1-4-12(2)31-19-17(24)10-13(11-18(19)30-3)9-16-20(27)25-22(29)26(21(16)28)15-7-5-14(23)6-8-15/h5-12H,4H2,1-3H3,(H,25,27,29)/b16-9+/t12-/m1/s1. The van der Waals surface area contributed by atoms with Gasteiger partial charge in [-0.2, -0.15) is 0 Å². The molecule has 9 heteroatoms. The molecule has 1 N–H and O–H groups in total. The third-order valence-electron chi connectivity index (χ3n) is 4.64. The molecule has 2 aromatic carbocycles. The van der Waals surface area contributed by atoms with Gasteiger partial charge < -0.3 is 9.47 Å². The Morgan fingerprint density at radius 1 is 1.19 bits per heavy atom. The number of carbonyl (C=O) groups is 3. The number of rotatable bonds is 6. The van der Waals surface area contributed by atoms with Crippen LogP contribution in [0.4, 0.5) is 10.5 Å². The summed E-state index contributed by atoms with van der Waals surface area (Å²) in [5, 5.41) is 2.66. The summed E-state index contributed by atoms with van der Waals surface area (Å²) in [6.45, 7) is 3.97. The van der Waals surface area contributed by atoms with E-state index >= 15 is 0 Å². The number of ether oxygens (including phenoxy) is 2. The highest BCUT2D eigenvalue weighted by molar-refractivity contribution is 14.1. The van der Waals surface area contributed by atoms with Crippen LogP contribution >= 0.6 is 34.2 Å². The molecule has 162 valence electrons. The highest BCUT2D eigenvalue weighted by Crippen LogP contribution is 2.36. The summed E-state index contributed by atoms with van der Waals surface area (Å²) in [5.74, 6) is -0.426. The molecule has 0 radical (unpaired) electrons. The number of nitrogens with one attached hydrogen (secondary N) is 1. The van der Waals surface area contributed by atoms with Gasteiger partial charge in [0.05, 0.1) is 22.5 Å². The zero-order chi connectivity index (χ0) is 22.7. The fourth-order valence-electron chi connectivity index (χ4n) is 2.87. The quantitative estimate of drug-likeness (QED) is 0.315. The highest BCUT2D eigenvalue weighted by atomic mass is 127. The van der Waals surface area contributed by atoms with Crippen molar-refractivity contribution in [2.24, 2.45) is 0 Å². The van der Waals surface area contributed by atoms with Gasteiger partial charge in [-0.25, -0.2) is 9.69 Å². The van der Waals surface area contributed by atoms with E-state index in [9.17, 15) is 14.4 Å². The molecule has 0 saturated carbocycles. The van der Waals surface area contributed by atoms with E-state index in [1.807, 2.05) is 13.8 Å². The van der Waals surface area contributed by atoms with Gasteiger partial charge in [0.25, 0.3) is 11.8 Å². The zero-order valence-corrected chi connectivity index (χ0v) is 20.0. The predicted molar refractivity (Wildman–Crippen MR) is 127 cm³/mol. The van der Waals surface area contributed by atoms with Crippen LogP contribution in [0.1, 0.15) is 25.8 Å². The van der Waals surface area contributed by atoms with Crippen LogP contribution in [0.3, 0.4) is 0 Å². The van der Waals surface area contributed by atoms with Crippen molar-refractivity contribution in [3.05, 3.63) is 56.1 Å². The summed E-state index contributed by atoms with van der Waals surface area (Å²) in [6.07, 6.45) is 2.25. The molecule has 0 aromatic heterocycles. The van der Waals surface area contributed by atoms with Gasteiger partial charge >= 0.3 is 6.03 Å². The molecular formula is C22H20ClIN2O5. The van der Waals surface area contributed by atoms with E-state index in [1.54, 1.807) is 24.3 Å². The summed E-state index contributed by atoms with van der Waals surface area (Å²) in [7, 11) is 1.52. The van der Waals surface area contributed by atoms with E-state index in [1.165, 1.54) is 25.3 Å². The van der Waals surface area contributed by atoms with Crippen molar-refractivity contribution in [3.8, 4) is 11.5 Å². The first-order valence-corrected chi connectivity index (χ1v) is 10.9. The minimum atomic E-state index is -0.820. The van der Waals surface area contributed by atoms with E-state index in [-0.39, 0.29) is 11.7 Å². The van der Waals surface area contributed by atoms with Gasteiger partial charge in [-0.05, 0) is 84.0 Å². The van der Waals surface area contributed by atoms with Gasteiger partial charge in [0.2, 0.25) is 0 Å². The predicted octanol–water partition coefficient (Wildman–Crippen LogP) is 4.80. The monoisotopic (exact) mass is 554 g/mol. The van der Waals surface area contributed by atoms with Gasteiger partial charge in [-0.15, -0.1) is 0 Å². The molecule has 7 nitrogen and oxygen atoms in total. The van der Waals surface area contributed by atoms with Crippen molar-refractivity contribution in [2.75, 3.05) is 12.0 Å². The number of methoxy groups -OCH3 is 1. The molecule has 0 bridgehead atoms. The Morgan fingerprint density at radius 3 is 2.48 bits per heavy atom. The second-order valence-electron chi connectivity index (χ2n) is 6.81. The SMILES string of the molecule is CC[C@@H](C)Oc1c(I)cc(/C=C2\C(=O)NC(=O)N(c3ccc(Cl)cc3)C2=O)cc1OC. The minimum Gasteiger partial charge on any atom is -0.493 e. The van der Waals surface area contributed by atoms with Crippen molar-refractivity contribution in [1.29, 1.82) is 0 Å². The summed E-state index contributed by atoms with van der Waals surface area (Å²) < 4.78 is 12.2. The maximum absolute atomic E-state index is 13.0. The van der Waals surface area contributed by atoms with E-state index in [4.69, 9.17) is 21.1 Å². The van der Waals surface area contributed by atoms with Crippen LogP contribution in [0.15, 0.2) is 42.0 Å². The third-order valence-corrected chi connectivity index (χ3v) is 5.70. The van der Waals surface area contributed by atoms with Crippen molar-refractivity contribution < 1.29 is 23.9 Å². The molecule has 1 aliphatic rings. The molecular weight excluding hydrogens is 535 g/mol. The smallest absolute Gasteiger partial charge is 0.335 e. The largest absolute Gasteiger partial charge is 0.493 e. The molecule has 1 aliphatic heterocycles. The van der Waals surface area contributed by atoms with Crippen LogP contribution in [0.25, 0.3) is 6.08 Å². The number of imide groups is 2. The maximum atomic E-state index is 13.0. The molecule has 0 spiro atoms. The first-order valence-electron chi connectivity index (χ1n) is 9.46. The molecule has 1 saturated heterocycles. The Hall–Kier alpha value is -2.59. The van der Waals surface area contributed by atoms with Crippen LogP contribution in [0, 0.1) is 3.57 Å². The Kier molecular flexibility index (Phi) is 7.22. The molecule has 0 unspecified atom stereocenters. The number of carbonyl (C=O) groups excluding carboxylic acids is 3. The first kappa shape index (κ1) is 23.1. The number of hydrogen-bond donors (Lipinski definition) is 1. The Bertz CT molecular complexity index is 1070. The summed E-state index contributed by atoms with van der Waals surface area (Å²) in [4.78, 5) is 38.6. The van der Waals surface area contributed by atoms with E-state index in [2.05, 4.69) is 27.9 Å². The van der Waals surface area contributed by atoms with E-state index in [0.29, 0.717) is 27.8 Å². The van der Waals surface area contributed by atoms with Crippen LogP contribution < -0.4 is 19.7 Å². The lowest BCUT2D eigenvalue weighted by atomic mass is 10.1. The Balaban J connectivity index is 2.00. The van der Waals surface area contributed by atoms with Gasteiger partial charge in [-0.1, -0.05) is 18.5 Å². The minimum absolute atomic E-state index is 0.00346. The molecule has 31 heavy (non-hydrogen) atoms. The van der Waals surface area contributed by atoms with Gasteiger partial charge in [0.15, 0.2) is 11.5 Å². The molecule has 1 fully saturated rings. The number of amides is 4. The maximum Gasteiger partial charge on any atom is 0.335 e. The van der Waals surface area contributed by atoms with E-state index in [0.717, 1.165) is 14.9 Å². The van der Waals surface area contributed by atoms with Crippen molar-refractivity contribution in [2.45, 2.75) is 26.4 Å². The van der Waals surface area contributed by atoms with Crippen molar-refractivity contribution >= 4 is 63.8 Å². The number of nitrogens with zero attached hydrogens (tertiary/aromatic N) is 1. The summed E-state index contributed by atoms with van der Waals surface area (Å²) in [6, 6.07) is 8.80. The number of halogens is 2. The molecule has 1 atom stereocenters. The second-order valence-corrected chi connectivity index (χ2v) is 8.40. The average molecular weight is 555 g/mol. The zero-order valence-electron chi connectivity index (χ0n) is 17.1. The fraction of sp³-hybridized carbons (Fsp3) is 0.227. The van der Waals surface area contributed by atoms with Crippen LogP contribution in [0.2, 0.25) is 5.02 Å². The Labute approximate surface area is 198 Å². The molecule has 3 rings (SSSR count).